The third-order valence-corrected chi connectivity index (χ3v) is 4.03. The predicted octanol–water partition coefficient (Wildman–Crippen LogP) is 4.25. The zero-order chi connectivity index (χ0) is 15.2. The number of aliphatic hydroxyl groups is 1. The fourth-order valence-corrected chi connectivity index (χ4v) is 2.83. The van der Waals surface area contributed by atoms with E-state index in [1.807, 2.05) is 31.2 Å². The third-order valence-electron chi connectivity index (χ3n) is 3.46. The van der Waals surface area contributed by atoms with E-state index in [0.717, 1.165) is 12.0 Å². The van der Waals surface area contributed by atoms with Crippen LogP contribution in [0, 0.1) is 0 Å². The van der Waals surface area contributed by atoms with Gasteiger partial charge in [-0.1, -0.05) is 53.5 Å². The van der Waals surface area contributed by atoms with Gasteiger partial charge in [-0.15, -0.1) is 0 Å². The van der Waals surface area contributed by atoms with Gasteiger partial charge in [0.05, 0.1) is 6.61 Å². The number of halogens is 2. The topological polar surface area (TPSA) is 32.3 Å². The summed E-state index contributed by atoms with van der Waals surface area (Å²) in [6, 6.07) is 15.5. The van der Waals surface area contributed by atoms with Crippen LogP contribution in [0.3, 0.4) is 0 Å². The molecule has 0 amide bonds. The van der Waals surface area contributed by atoms with Crippen LogP contribution in [0.4, 0.5) is 0 Å². The Morgan fingerprint density at radius 1 is 1.10 bits per heavy atom. The number of hydrogen-bond acceptors (Lipinski definition) is 2. The Kier molecular flexibility index (Phi) is 6.07. The molecule has 0 aliphatic carbocycles. The zero-order valence-corrected chi connectivity index (χ0v) is 13.4. The van der Waals surface area contributed by atoms with Crippen LogP contribution in [-0.4, -0.2) is 17.8 Å². The lowest BCUT2D eigenvalue weighted by Gasteiger charge is -2.23. The average Bonchev–Trinajstić information content (AvgIpc) is 2.50. The molecule has 1 unspecified atom stereocenters. The molecule has 0 heterocycles. The summed E-state index contributed by atoms with van der Waals surface area (Å²) in [5.74, 6) is 0. The molecule has 2 aromatic rings. The molecule has 0 aliphatic rings. The second kappa shape index (κ2) is 7.81. The normalized spacial score (nSPS) is 13.9. The fourth-order valence-electron chi connectivity index (χ4n) is 2.36. The molecule has 0 bridgehead atoms. The molecule has 2 aromatic carbocycles. The highest BCUT2D eigenvalue weighted by Gasteiger charge is 2.15. The number of hydrogen-bond donors (Lipinski definition) is 2. The summed E-state index contributed by atoms with van der Waals surface area (Å²) in [4.78, 5) is 0. The summed E-state index contributed by atoms with van der Waals surface area (Å²) < 4.78 is 0. The Morgan fingerprint density at radius 2 is 1.81 bits per heavy atom. The van der Waals surface area contributed by atoms with E-state index in [1.165, 1.54) is 5.56 Å². The van der Waals surface area contributed by atoms with Gasteiger partial charge in [-0.2, -0.15) is 0 Å². The van der Waals surface area contributed by atoms with Crippen LogP contribution < -0.4 is 5.32 Å². The minimum absolute atomic E-state index is 0.0112. The van der Waals surface area contributed by atoms with E-state index < -0.39 is 0 Å². The molecular formula is C17H19Cl2NO. The molecule has 0 fully saturated rings. The van der Waals surface area contributed by atoms with Gasteiger partial charge in [-0.3, -0.25) is 0 Å². The molecule has 0 radical (unpaired) electrons. The summed E-state index contributed by atoms with van der Waals surface area (Å²) in [5.41, 5.74) is 2.13. The van der Waals surface area contributed by atoms with Gasteiger partial charge in [0.1, 0.15) is 0 Å². The Labute approximate surface area is 135 Å². The highest BCUT2D eigenvalue weighted by molar-refractivity contribution is 6.33. The van der Waals surface area contributed by atoms with Crippen molar-refractivity contribution in [3.8, 4) is 0 Å². The van der Waals surface area contributed by atoms with Crippen LogP contribution >= 0.6 is 23.2 Å². The van der Waals surface area contributed by atoms with Gasteiger partial charge in [0.25, 0.3) is 0 Å². The quantitative estimate of drug-likeness (QED) is 0.833. The minimum Gasteiger partial charge on any atom is -0.395 e. The van der Waals surface area contributed by atoms with Crippen molar-refractivity contribution in [3.63, 3.8) is 0 Å². The first-order valence-corrected chi connectivity index (χ1v) is 7.71. The fraction of sp³-hybridized carbons (Fsp3) is 0.294. The molecule has 2 rings (SSSR count). The van der Waals surface area contributed by atoms with Gasteiger partial charge in [0, 0.05) is 22.1 Å². The smallest absolute Gasteiger partial charge is 0.0588 e. The Morgan fingerprint density at radius 3 is 2.48 bits per heavy atom. The molecule has 21 heavy (non-hydrogen) atoms. The second-order valence-corrected chi connectivity index (χ2v) is 5.97. The molecule has 0 saturated heterocycles. The van der Waals surface area contributed by atoms with E-state index in [-0.39, 0.29) is 18.7 Å². The van der Waals surface area contributed by atoms with Crippen LogP contribution in [0.5, 0.6) is 0 Å². The Balaban J connectivity index is 2.05. The van der Waals surface area contributed by atoms with Crippen molar-refractivity contribution < 1.29 is 5.11 Å². The van der Waals surface area contributed by atoms with E-state index in [0.29, 0.717) is 10.0 Å². The summed E-state index contributed by atoms with van der Waals surface area (Å²) in [5, 5.41) is 14.3. The maximum Gasteiger partial charge on any atom is 0.0588 e. The van der Waals surface area contributed by atoms with Gasteiger partial charge >= 0.3 is 0 Å². The Hall–Kier alpha value is -1.06. The van der Waals surface area contributed by atoms with E-state index in [4.69, 9.17) is 23.2 Å². The number of nitrogens with one attached hydrogen (secondary N) is 1. The number of rotatable bonds is 6. The minimum atomic E-state index is -0.0301. The lowest BCUT2D eigenvalue weighted by molar-refractivity contribution is 0.232. The molecule has 4 heteroatoms. The van der Waals surface area contributed by atoms with Crippen molar-refractivity contribution in [3.05, 3.63) is 69.7 Å². The monoisotopic (exact) mass is 323 g/mol. The first kappa shape index (κ1) is 16.3. The number of aliphatic hydroxyl groups excluding tert-OH is 1. The van der Waals surface area contributed by atoms with E-state index in [2.05, 4.69) is 17.4 Å². The van der Waals surface area contributed by atoms with Gasteiger partial charge in [-0.05, 0) is 42.7 Å². The molecule has 0 aromatic heterocycles. The summed E-state index contributed by atoms with van der Waals surface area (Å²) in [7, 11) is 0. The van der Waals surface area contributed by atoms with Crippen LogP contribution in [0.2, 0.25) is 10.0 Å². The van der Waals surface area contributed by atoms with Crippen molar-refractivity contribution in [2.24, 2.45) is 0 Å². The molecular weight excluding hydrogens is 305 g/mol. The van der Waals surface area contributed by atoms with Crippen LogP contribution in [-0.2, 0) is 6.42 Å². The maximum atomic E-state index is 9.59. The van der Waals surface area contributed by atoms with Gasteiger partial charge < -0.3 is 10.4 Å². The average molecular weight is 324 g/mol. The molecule has 0 saturated carbocycles. The SMILES string of the molecule is CC(N[C@H](CO)Cc1ccccc1)c1cc(Cl)ccc1Cl. The highest BCUT2D eigenvalue weighted by atomic mass is 35.5. The molecule has 112 valence electrons. The van der Waals surface area contributed by atoms with Crippen molar-refractivity contribution in [2.45, 2.75) is 25.4 Å². The van der Waals surface area contributed by atoms with Crippen molar-refractivity contribution in [1.29, 1.82) is 0 Å². The summed E-state index contributed by atoms with van der Waals surface area (Å²) >= 11 is 12.2. The summed E-state index contributed by atoms with van der Waals surface area (Å²) in [6.07, 6.45) is 0.764. The van der Waals surface area contributed by atoms with Crippen LogP contribution in [0.25, 0.3) is 0 Å². The third kappa shape index (κ3) is 4.72. The van der Waals surface area contributed by atoms with Crippen molar-refractivity contribution in [1.82, 2.24) is 5.32 Å². The lowest BCUT2D eigenvalue weighted by atomic mass is 10.0. The largest absolute Gasteiger partial charge is 0.395 e. The van der Waals surface area contributed by atoms with Crippen molar-refractivity contribution >= 4 is 23.2 Å². The summed E-state index contributed by atoms with van der Waals surface area (Å²) in [6.45, 7) is 2.09. The van der Waals surface area contributed by atoms with Gasteiger partial charge in [-0.25, -0.2) is 0 Å². The van der Waals surface area contributed by atoms with Gasteiger partial charge in [0.2, 0.25) is 0 Å². The van der Waals surface area contributed by atoms with E-state index in [1.54, 1.807) is 12.1 Å². The van der Waals surface area contributed by atoms with E-state index >= 15 is 0 Å². The Bertz CT molecular complexity index is 574. The highest BCUT2D eigenvalue weighted by Crippen LogP contribution is 2.26. The van der Waals surface area contributed by atoms with Gasteiger partial charge in [0.15, 0.2) is 0 Å². The molecule has 0 aliphatic heterocycles. The maximum absolute atomic E-state index is 9.59. The lowest BCUT2D eigenvalue weighted by Crippen LogP contribution is -2.36. The standard InChI is InChI=1S/C17H19Cl2NO/c1-12(16-10-14(18)7-8-17(16)19)20-15(11-21)9-13-5-3-2-4-6-13/h2-8,10,12,15,20-21H,9,11H2,1H3/t12?,15-/m0/s1. The first-order valence-electron chi connectivity index (χ1n) is 6.96. The predicted molar refractivity (Wildman–Crippen MR) is 89.0 cm³/mol. The second-order valence-electron chi connectivity index (χ2n) is 5.12. The van der Waals surface area contributed by atoms with Crippen molar-refractivity contribution in [2.75, 3.05) is 6.61 Å². The zero-order valence-electron chi connectivity index (χ0n) is 11.9. The van der Waals surface area contributed by atoms with Crippen LogP contribution in [0.15, 0.2) is 48.5 Å². The number of benzene rings is 2. The first-order chi connectivity index (χ1) is 10.1. The molecule has 2 nitrogen and oxygen atoms in total. The molecule has 2 atom stereocenters. The molecule has 0 spiro atoms. The van der Waals surface area contributed by atoms with Crippen LogP contribution in [0.1, 0.15) is 24.1 Å². The van der Waals surface area contributed by atoms with E-state index in [9.17, 15) is 5.11 Å². The molecule has 2 N–H and O–H groups in total.